The summed E-state index contributed by atoms with van der Waals surface area (Å²) in [5.74, 6) is -0.322. The molecule has 0 aliphatic heterocycles. The van der Waals surface area contributed by atoms with E-state index in [1.54, 1.807) is 19.1 Å². The lowest BCUT2D eigenvalue weighted by Crippen LogP contribution is -2.28. The fourth-order valence-corrected chi connectivity index (χ4v) is 2.33. The van der Waals surface area contributed by atoms with Crippen molar-refractivity contribution in [1.82, 2.24) is 5.32 Å². The summed E-state index contributed by atoms with van der Waals surface area (Å²) in [5.41, 5.74) is 3.30. The number of ether oxygens (including phenoxy) is 1. The van der Waals surface area contributed by atoms with Crippen molar-refractivity contribution in [1.29, 1.82) is 0 Å². The molecule has 0 saturated carbocycles. The van der Waals surface area contributed by atoms with Crippen molar-refractivity contribution in [3.63, 3.8) is 0 Å². The van der Waals surface area contributed by atoms with Crippen LogP contribution >= 0.6 is 12.2 Å². The largest absolute Gasteiger partial charge is 0.462 e. The average molecular weight is 328 g/mol. The van der Waals surface area contributed by atoms with Crippen molar-refractivity contribution in [2.75, 3.05) is 11.9 Å². The third-order valence-corrected chi connectivity index (χ3v) is 3.62. The summed E-state index contributed by atoms with van der Waals surface area (Å²) in [7, 11) is 0. The molecule has 0 aliphatic carbocycles. The van der Waals surface area contributed by atoms with Gasteiger partial charge in [-0.05, 0) is 49.3 Å². The molecule has 0 heterocycles. The van der Waals surface area contributed by atoms with Gasteiger partial charge in [-0.3, -0.25) is 0 Å². The van der Waals surface area contributed by atoms with Crippen molar-refractivity contribution in [2.45, 2.75) is 20.4 Å². The number of nitrogens with one attached hydrogen (secondary N) is 2. The molecule has 4 nitrogen and oxygen atoms in total. The number of thiocarbonyl (C=S) groups is 1. The minimum atomic E-state index is -0.322. The lowest BCUT2D eigenvalue weighted by molar-refractivity contribution is 0.0525. The topological polar surface area (TPSA) is 50.4 Å². The van der Waals surface area contributed by atoms with E-state index in [1.807, 2.05) is 43.3 Å². The van der Waals surface area contributed by atoms with Gasteiger partial charge in [-0.2, -0.15) is 0 Å². The van der Waals surface area contributed by atoms with Crippen LogP contribution in [0, 0.1) is 6.92 Å². The van der Waals surface area contributed by atoms with Crippen LogP contribution in [0.15, 0.2) is 48.5 Å². The van der Waals surface area contributed by atoms with E-state index in [1.165, 1.54) is 0 Å². The van der Waals surface area contributed by atoms with Crippen molar-refractivity contribution >= 4 is 29.0 Å². The van der Waals surface area contributed by atoms with Crippen LogP contribution in [0.5, 0.6) is 0 Å². The molecule has 0 amide bonds. The van der Waals surface area contributed by atoms with Gasteiger partial charge in [0, 0.05) is 12.2 Å². The average Bonchev–Trinajstić information content (AvgIpc) is 2.56. The van der Waals surface area contributed by atoms with E-state index in [4.69, 9.17) is 17.0 Å². The van der Waals surface area contributed by atoms with Crippen LogP contribution in [0.1, 0.15) is 28.4 Å². The minimum absolute atomic E-state index is 0.322. The number of anilines is 1. The Hall–Kier alpha value is -2.40. The maximum Gasteiger partial charge on any atom is 0.338 e. The first-order chi connectivity index (χ1) is 11.1. The minimum Gasteiger partial charge on any atom is -0.462 e. The molecule has 2 aromatic rings. The standard InChI is InChI=1S/C18H20N2O2S/c1-3-22-17(21)15-10-7-11-16(13(15)2)20-18(23)19-12-14-8-5-4-6-9-14/h4-11H,3,12H2,1-2H3,(H2,19,20,23). The van der Waals surface area contributed by atoms with Gasteiger partial charge in [-0.15, -0.1) is 0 Å². The zero-order valence-corrected chi connectivity index (χ0v) is 14.1. The zero-order valence-electron chi connectivity index (χ0n) is 13.3. The number of carbonyl (C=O) groups is 1. The molecule has 0 aromatic heterocycles. The predicted octanol–water partition coefficient (Wildman–Crippen LogP) is 3.66. The monoisotopic (exact) mass is 328 g/mol. The number of carbonyl (C=O) groups excluding carboxylic acids is 1. The van der Waals surface area contributed by atoms with Crippen LogP contribution < -0.4 is 10.6 Å². The SMILES string of the molecule is CCOC(=O)c1cccc(NC(=S)NCc2ccccc2)c1C. The van der Waals surface area contributed by atoms with Crippen LogP contribution in [0.3, 0.4) is 0 Å². The van der Waals surface area contributed by atoms with Crippen LogP contribution in [0.25, 0.3) is 0 Å². The molecule has 0 saturated heterocycles. The van der Waals surface area contributed by atoms with Crippen molar-refractivity contribution in [3.8, 4) is 0 Å². The molecule has 2 N–H and O–H groups in total. The summed E-state index contributed by atoms with van der Waals surface area (Å²) < 4.78 is 5.06. The molecule has 0 aliphatic rings. The third-order valence-electron chi connectivity index (χ3n) is 3.37. The number of hydrogen-bond donors (Lipinski definition) is 2. The Bertz CT molecular complexity index is 687. The van der Waals surface area contributed by atoms with Crippen LogP contribution in [-0.4, -0.2) is 17.7 Å². The zero-order chi connectivity index (χ0) is 16.7. The molecule has 120 valence electrons. The van der Waals surface area contributed by atoms with Crippen molar-refractivity contribution in [3.05, 3.63) is 65.2 Å². The summed E-state index contributed by atoms with van der Waals surface area (Å²) in [6, 6.07) is 15.4. The molecule has 0 unspecified atom stereocenters. The van der Waals surface area contributed by atoms with Crippen molar-refractivity contribution < 1.29 is 9.53 Å². The molecule has 0 atom stereocenters. The molecule has 0 bridgehead atoms. The highest BCUT2D eigenvalue weighted by Crippen LogP contribution is 2.19. The Morgan fingerprint density at radius 2 is 1.87 bits per heavy atom. The van der Waals surface area contributed by atoms with Crippen LogP contribution in [0.2, 0.25) is 0 Å². The van der Waals surface area contributed by atoms with Gasteiger partial charge in [0.15, 0.2) is 5.11 Å². The highest BCUT2D eigenvalue weighted by Gasteiger charge is 2.13. The molecule has 0 fully saturated rings. The first-order valence-electron chi connectivity index (χ1n) is 7.47. The molecule has 0 spiro atoms. The van der Waals surface area contributed by atoms with Crippen molar-refractivity contribution in [2.24, 2.45) is 0 Å². The van der Waals surface area contributed by atoms with E-state index >= 15 is 0 Å². The van der Waals surface area contributed by atoms with Gasteiger partial charge in [-0.25, -0.2) is 4.79 Å². The third kappa shape index (κ3) is 4.79. The van der Waals surface area contributed by atoms with Gasteiger partial charge in [0.2, 0.25) is 0 Å². The summed E-state index contributed by atoms with van der Waals surface area (Å²) in [5, 5.41) is 6.80. The summed E-state index contributed by atoms with van der Waals surface area (Å²) in [4.78, 5) is 11.9. The van der Waals surface area contributed by atoms with Gasteiger partial charge >= 0.3 is 5.97 Å². The van der Waals surface area contributed by atoms with E-state index in [2.05, 4.69) is 10.6 Å². The molecule has 5 heteroatoms. The van der Waals surface area contributed by atoms with E-state index in [-0.39, 0.29) is 5.97 Å². The van der Waals surface area contributed by atoms with Gasteiger partial charge in [0.1, 0.15) is 0 Å². The van der Waals surface area contributed by atoms with Gasteiger partial charge in [0.05, 0.1) is 12.2 Å². The van der Waals surface area contributed by atoms with E-state index < -0.39 is 0 Å². The molecule has 23 heavy (non-hydrogen) atoms. The molecule has 0 radical (unpaired) electrons. The number of esters is 1. The molecular formula is C18H20N2O2S. The van der Waals surface area contributed by atoms with Crippen LogP contribution in [-0.2, 0) is 11.3 Å². The smallest absolute Gasteiger partial charge is 0.338 e. The van der Waals surface area contributed by atoms with Gasteiger partial charge in [-0.1, -0.05) is 36.4 Å². The Morgan fingerprint density at radius 1 is 1.13 bits per heavy atom. The van der Waals surface area contributed by atoms with Gasteiger partial charge in [0.25, 0.3) is 0 Å². The maximum absolute atomic E-state index is 11.9. The Kier molecular flexibility index (Phi) is 6.11. The molecular weight excluding hydrogens is 308 g/mol. The second kappa shape index (κ2) is 8.29. The highest BCUT2D eigenvalue weighted by atomic mass is 32.1. The molecule has 2 rings (SSSR count). The van der Waals surface area contributed by atoms with E-state index in [0.717, 1.165) is 16.8 Å². The fraction of sp³-hybridized carbons (Fsp3) is 0.222. The normalized spacial score (nSPS) is 10.0. The Labute approximate surface area is 141 Å². The second-order valence-electron chi connectivity index (χ2n) is 4.99. The maximum atomic E-state index is 11.9. The molecule has 2 aromatic carbocycles. The Morgan fingerprint density at radius 3 is 2.57 bits per heavy atom. The summed E-state index contributed by atoms with van der Waals surface area (Å²) >= 11 is 5.32. The van der Waals surface area contributed by atoms with E-state index in [9.17, 15) is 4.79 Å². The summed E-state index contributed by atoms with van der Waals surface area (Å²) in [6.07, 6.45) is 0. The fourth-order valence-electron chi connectivity index (χ4n) is 2.15. The lowest BCUT2D eigenvalue weighted by atomic mass is 10.1. The first-order valence-corrected chi connectivity index (χ1v) is 7.88. The predicted molar refractivity (Wildman–Crippen MR) is 96.6 cm³/mol. The van der Waals surface area contributed by atoms with Crippen LogP contribution in [0.4, 0.5) is 5.69 Å². The lowest BCUT2D eigenvalue weighted by Gasteiger charge is -2.14. The first kappa shape index (κ1) is 17.0. The second-order valence-corrected chi connectivity index (χ2v) is 5.40. The van der Waals surface area contributed by atoms with E-state index in [0.29, 0.717) is 23.8 Å². The quantitative estimate of drug-likeness (QED) is 0.648. The Balaban J connectivity index is 2.00. The number of benzene rings is 2. The highest BCUT2D eigenvalue weighted by molar-refractivity contribution is 7.80. The summed E-state index contributed by atoms with van der Waals surface area (Å²) in [6.45, 7) is 4.66. The number of hydrogen-bond acceptors (Lipinski definition) is 3. The number of rotatable bonds is 5. The van der Waals surface area contributed by atoms with Gasteiger partial charge < -0.3 is 15.4 Å².